The number of benzene rings is 2. The topological polar surface area (TPSA) is 116 Å². The number of carboxylic acid groups (broad SMARTS) is 1. The maximum absolute atomic E-state index is 12.7. The summed E-state index contributed by atoms with van der Waals surface area (Å²) in [6.07, 6.45) is -1.04. The van der Waals surface area contributed by atoms with Crippen LogP contribution in [0.1, 0.15) is 43.2 Å². The second kappa shape index (κ2) is 9.62. The number of alkyl carbamates (subject to hydrolysis) is 1. The van der Waals surface area contributed by atoms with Gasteiger partial charge in [0.1, 0.15) is 12.6 Å². The largest absolute Gasteiger partial charge is 0.480 e. The van der Waals surface area contributed by atoms with Gasteiger partial charge in [-0.15, -0.1) is 0 Å². The van der Waals surface area contributed by atoms with Crippen molar-refractivity contribution in [2.75, 3.05) is 13.2 Å². The van der Waals surface area contributed by atoms with Crippen molar-refractivity contribution >= 4 is 18.0 Å². The molecule has 0 saturated carbocycles. The highest BCUT2D eigenvalue weighted by Crippen LogP contribution is 2.44. The third-order valence-electron chi connectivity index (χ3n) is 6.46. The highest BCUT2D eigenvalue weighted by molar-refractivity contribution is 5.85. The van der Waals surface area contributed by atoms with Gasteiger partial charge in [0.25, 0.3) is 0 Å². The fraction of sp³-hybridized carbons (Fsp3) is 0.400. The number of likely N-dealkylation sites (tertiary alicyclic amines) is 1. The summed E-state index contributed by atoms with van der Waals surface area (Å²) in [5.41, 5.74) is 4.50. The zero-order valence-electron chi connectivity index (χ0n) is 18.4. The van der Waals surface area contributed by atoms with Crippen molar-refractivity contribution in [3.05, 3.63) is 59.7 Å². The van der Waals surface area contributed by atoms with E-state index in [2.05, 4.69) is 17.4 Å². The zero-order chi connectivity index (χ0) is 23.5. The molecular weight excluding hydrogens is 424 g/mol. The molecule has 4 rings (SSSR count). The van der Waals surface area contributed by atoms with Gasteiger partial charge in [0.2, 0.25) is 5.91 Å². The normalized spacial score (nSPS) is 20.1. The number of fused-ring (bicyclic) bond motifs is 3. The standard InChI is InChI=1S/C25H28N2O6/c1-2-15(11-23(29)27-13-16(28)12-22(27)24(30)31)26-25(32)33-14-21-19-9-5-3-7-17(19)18-8-4-6-10-20(18)21/h3-10,15-16,21-22,28H,2,11-14H2,1H3,(H,26,32)(H,30,31)/t15-,16?,22?/m0/s1. The number of aliphatic carboxylic acids is 1. The number of nitrogens with zero attached hydrogens (tertiary/aromatic N) is 1. The van der Waals surface area contributed by atoms with Crippen LogP contribution in [0.2, 0.25) is 0 Å². The quantitative estimate of drug-likeness (QED) is 0.595. The first-order valence-electron chi connectivity index (χ1n) is 11.2. The number of hydrogen-bond acceptors (Lipinski definition) is 5. The molecule has 33 heavy (non-hydrogen) atoms. The molecule has 1 saturated heterocycles. The number of rotatable bonds is 7. The predicted molar refractivity (Wildman–Crippen MR) is 121 cm³/mol. The molecule has 1 heterocycles. The summed E-state index contributed by atoms with van der Waals surface area (Å²) in [6.45, 7) is 1.98. The number of hydrogen-bond donors (Lipinski definition) is 3. The number of carbonyl (C=O) groups is 3. The van der Waals surface area contributed by atoms with Gasteiger partial charge in [-0.1, -0.05) is 55.5 Å². The van der Waals surface area contributed by atoms with Crippen LogP contribution < -0.4 is 5.32 Å². The lowest BCUT2D eigenvalue weighted by Gasteiger charge is -2.24. The average molecular weight is 453 g/mol. The molecule has 8 heteroatoms. The van der Waals surface area contributed by atoms with Crippen molar-refractivity contribution in [1.29, 1.82) is 0 Å². The summed E-state index contributed by atoms with van der Waals surface area (Å²) < 4.78 is 5.55. The number of amides is 2. The van der Waals surface area contributed by atoms with Crippen LogP contribution >= 0.6 is 0 Å². The van der Waals surface area contributed by atoms with Crippen molar-refractivity contribution in [2.24, 2.45) is 0 Å². The molecule has 2 unspecified atom stereocenters. The van der Waals surface area contributed by atoms with Crippen molar-refractivity contribution in [3.8, 4) is 11.1 Å². The van der Waals surface area contributed by atoms with Crippen LogP contribution in [-0.2, 0) is 14.3 Å². The maximum Gasteiger partial charge on any atom is 0.407 e. The molecule has 2 aromatic rings. The van der Waals surface area contributed by atoms with Gasteiger partial charge in [-0.05, 0) is 28.7 Å². The van der Waals surface area contributed by atoms with Crippen LogP contribution in [0.25, 0.3) is 11.1 Å². The summed E-state index contributed by atoms with van der Waals surface area (Å²) in [5.74, 6) is -1.62. The zero-order valence-corrected chi connectivity index (χ0v) is 18.4. The Morgan fingerprint density at radius 2 is 1.70 bits per heavy atom. The lowest BCUT2D eigenvalue weighted by molar-refractivity contribution is -0.148. The molecule has 0 radical (unpaired) electrons. The molecule has 0 aromatic heterocycles. The van der Waals surface area contributed by atoms with Crippen LogP contribution in [0.4, 0.5) is 4.79 Å². The Morgan fingerprint density at radius 1 is 1.09 bits per heavy atom. The van der Waals surface area contributed by atoms with Gasteiger partial charge in [0, 0.05) is 31.3 Å². The van der Waals surface area contributed by atoms with Crippen LogP contribution in [0, 0.1) is 0 Å². The van der Waals surface area contributed by atoms with E-state index in [1.165, 1.54) is 4.90 Å². The molecule has 8 nitrogen and oxygen atoms in total. The van der Waals surface area contributed by atoms with Crippen LogP contribution in [0.15, 0.2) is 48.5 Å². The first-order valence-corrected chi connectivity index (χ1v) is 11.2. The Kier molecular flexibility index (Phi) is 6.65. The van der Waals surface area contributed by atoms with Gasteiger partial charge in [0.05, 0.1) is 6.10 Å². The summed E-state index contributed by atoms with van der Waals surface area (Å²) in [5, 5.41) is 21.8. The Labute approximate surface area is 192 Å². The van der Waals surface area contributed by atoms with Crippen LogP contribution in [-0.4, -0.2) is 64.4 Å². The van der Waals surface area contributed by atoms with Crippen molar-refractivity contribution < 1.29 is 29.3 Å². The minimum absolute atomic E-state index is 0.0116. The number of aliphatic hydroxyl groups is 1. The molecule has 3 N–H and O–H groups in total. The number of carboxylic acids is 1. The van der Waals surface area contributed by atoms with E-state index in [1.54, 1.807) is 0 Å². The minimum Gasteiger partial charge on any atom is -0.480 e. The van der Waals surface area contributed by atoms with Gasteiger partial charge in [-0.3, -0.25) is 4.79 Å². The van der Waals surface area contributed by atoms with E-state index in [1.807, 2.05) is 43.3 Å². The molecule has 1 fully saturated rings. The molecule has 0 spiro atoms. The molecule has 2 aliphatic rings. The molecule has 2 amide bonds. The van der Waals surface area contributed by atoms with E-state index in [0.717, 1.165) is 22.3 Å². The van der Waals surface area contributed by atoms with E-state index < -0.39 is 36.2 Å². The summed E-state index contributed by atoms with van der Waals surface area (Å²) in [7, 11) is 0. The van der Waals surface area contributed by atoms with E-state index in [0.29, 0.717) is 6.42 Å². The molecule has 1 aliphatic carbocycles. The molecule has 0 bridgehead atoms. The SMILES string of the molecule is CC[C@@H](CC(=O)N1CC(O)CC1C(=O)O)NC(=O)OCC1c2ccccc2-c2ccccc21. The van der Waals surface area contributed by atoms with E-state index in [4.69, 9.17) is 4.74 Å². The highest BCUT2D eigenvalue weighted by Gasteiger charge is 2.39. The lowest BCUT2D eigenvalue weighted by Crippen LogP contribution is -2.44. The maximum atomic E-state index is 12.7. The lowest BCUT2D eigenvalue weighted by atomic mass is 9.98. The van der Waals surface area contributed by atoms with E-state index >= 15 is 0 Å². The number of ether oxygens (including phenoxy) is 1. The first-order chi connectivity index (χ1) is 15.9. The highest BCUT2D eigenvalue weighted by atomic mass is 16.5. The van der Waals surface area contributed by atoms with Gasteiger partial charge < -0.3 is 25.2 Å². The fourth-order valence-electron chi connectivity index (χ4n) is 4.76. The van der Waals surface area contributed by atoms with Crippen molar-refractivity contribution in [1.82, 2.24) is 10.2 Å². The summed E-state index contributed by atoms with van der Waals surface area (Å²) in [4.78, 5) is 37.7. The van der Waals surface area contributed by atoms with Crippen LogP contribution in [0.5, 0.6) is 0 Å². The number of nitrogens with one attached hydrogen (secondary N) is 1. The third-order valence-corrected chi connectivity index (χ3v) is 6.46. The molecule has 2 aromatic carbocycles. The summed E-state index contributed by atoms with van der Waals surface area (Å²) >= 11 is 0. The molecular formula is C25H28N2O6. The smallest absolute Gasteiger partial charge is 0.407 e. The monoisotopic (exact) mass is 452 g/mol. The average Bonchev–Trinajstić information content (AvgIpc) is 3.35. The Hall–Kier alpha value is -3.39. The molecule has 1 aliphatic heterocycles. The second-order valence-corrected chi connectivity index (χ2v) is 8.57. The van der Waals surface area contributed by atoms with E-state index in [-0.39, 0.29) is 31.9 Å². The van der Waals surface area contributed by atoms with Gasteiger partial charge in [-0.25, -0.2) is 9.59 Å². The van der Waals surface area contributed by atoms with Gasteiger partial charge >= 0.3 is 12.1 Å². The number of carbonyl (C=O) groups excluding carboxylic acids is 2. The number of aliphatic hydroxyl groups excluding tert-OH is 1. The Bertz CT molecular complexity index is 1010. The van der Waals surface area contributed by atoms with Crippen molar-refractivity contribution in [2.45, 2.75) is 50.3 Å². The number of β-amino-alcohol motifs (C(OH)–C–C–N with tert-alkyl or cyclic N) is 1. The van der Waals surface area contributed by atoms with Gasteiger partial charge in [0.15, 0.2) is 0 Å². The van der Waals surface area contributed by atoms with Crippen LogP contribution in [0.3, 0.4) is 0 Å². The Morgan fingerprint density at radius 3 is 2.27 bits per heavy atom. The van der Waals surface area contributed by atoms with Crippen molar-refractivity contribution in [3.63, 3.8) is 0 Å². The second-order valence-electron chi connectivity index (χ2n) is 8.57. The van der Waals surface area contributed by atoms with Gasteiger partial charge in [-0.2, -0.15) is 0 Å². The predicted octanol–water partition coefficient (Wildman–Crippen LogP) is 2.74. The fourth-order valence-corrected chi connectivity index (χ4v) is 4.76. The molecule has 3 atom stereocenters. The van der Waals surface area contributed by atoms with E-state index in [9.17, 15) is 24.6 Å². The first kappa shape index (κ1) is 22.8. The third kappa shape index (κ3) is 4.71. The summed E-state index contributed by atoms with van der Waals surface area (Å²) in [6, 6.07) is 14.6. The minimum atomic E-state index is -1.14. The Balaban J connectivity index is 1.36. The molecule has 174 valence electrons.